The van der Waals surface area contributed by atoms with Crippen LogP contribution in [0.25, 0.3) is 0 Å². The fourth-order valence-electron chi connectivity index (χ4n) is 2.59. The molecule has 1 fully saturated rings. The third-order valence-corrected chi connectivity index (χ3v) is 3.64. The predicted octanol–water partition coefficient (Wildman–Crippen LogP) is 2.87. The van der Waals surface area contributed by atoms with Gasteiger partial charge in [0.2, 0.25) is 0 Å². The van der Waals surface area contributed by atoms with Crippen LogP contribution in [0.1, 0.15) is 11.6 Å². The molecule has 1 unspecified atom stereocenters. The molecule has 1 amide bonds. The van der Waals surface area contributed by atoms with Gasteiger partial charge >= 0.3 is 5.97 Å². The Morgan fingerprint density at radius 1 is 1.05 bits per heavy atom. The molecule has 3 rings (SSSR count). The largest absolute Gasteiger partial charge is 0.466 e. The van der Waals surface area contributed by atoms with Crippen molar-refractivity contribution in [3.8, 4) is 0 Å². The first-order valence-corrected chi connectivity index (χ1v) is 6.95. The average molecular weight is 293 g/mol. The van der Waals surface area contributed by atoms with E-state index in [-0.39, 0.29) is 11.9 Å². The molecule has 1 heterocycles. The molecule has 1 aliphatic rings. The summed E-state index contributed by atoms with van der Waals surface area (Å²) in [6.45, 7) is 0. The van der Waals surface area contributed by atoms with Crippen molar-refractivity contribution in [2.75, 3.05) is 12.0 Å². The quantitative estimate of drug-likeness (QED) is 0.496. The topological polar surface area (TPSA) is 46.6 Å². The highest BCUT2D eigenvalue weighted by Gasteiger charge is 2.44. The number of methoxy groups -OCH3 is 1. The lowest BCUT2D eigenvalue weighted by atomic mass is 9.87. The Balaban J connectivity index is 2.03. The van der Waals surface area contributed by atoms with E-state index in [4.69, 9.17) is 0 Å². The van der Waals surface area contributed by atoms with Crippen molar-refractivity contribution < 1.29 is 14.3 Å². The van der Waals surface area contributed by atoms with Crippen LogP contribution in [-0.4, -0.2) is 19.0 Å². The fourth-order valence-corrected chi connectivity index (χ4v) is 2.59. The minimum atomic E-state index is -0.517. The molecule has 0 bridgehead atoms. The number of para-hydroxylation sites is 1. The zero-order valence-electron chi connectivity index (χ0n) is 12.1. The summed E-state index contributed by atoms with van der Waals surface area (Å²) in [5.74, 6) is -0.692. The van der Waals surface area contributed by atoms with Crippen LogP contribution < -0.4 is 4.90 Å². The molecule has 22 heavy (non-hydrogen) atoms. The zero-order valence-corrected chi connectivity index (χ0v) is 12.1. The lowest BCUT2D eigenvalue weighted by molar-refractivity contribution is -0.135. The molecule has 2 aromatic rings. The summed E-state index contributed by atoms with van der Waals surface area (Å²) in [5, 5.41) is 0. The Kier molecular flexibility index (Phi) is 3.74. The number of amides is 1. The minimum absolute atomic E-state index is 0.176. The highest BCUT2D eigenvalue weighted by atomic mass is 16.5. The predicted molar refractivity (Wildman–Crippen MR) is 83.2 cm³/mol. The SMILES string of the molecule is COC(=O)/C=C1/C(=O)N(c2ccccc2)C1c1ccccc1. The maximum absolute atomic E-state index is 12.4. The second-order valence-electron chi connectivity index (χ2n) is 4.95. The fraction of sp³-hybridized carbons (Fsp3) is 0.111. The second-order valence-corrected chi connectivity index (χ2v) is 4.95. The summed E-state index contributed by atoms with van der Waals surface area (Å²) in [5.41, 5.74) is 2.21. The van der Waals surface area contributed by atoms with Gasteiger partial charge in [-0.25, -0.2) is 4.79 Å². The molecular formula is C18H15NO3. The van der Waals surface area contributed by atoms with Gasteiger partial charge in [-0.15, -0.1) is 0 Å². The molecule has 4 heteroatoms. The normalized spacial score (nSPS) is 19.0. The van der Waals surface area contributed by atoms with Crippen molar-refractivity contribution in [2.45, 2.75) is 6.04 Å². The number of esters is 1. The summed E-state index contributed by atoms with van der Waals surface area (Å²) in [6.07, 6.45) is 1.28. The van der Waals surface area contributed by atoms with Crippen LogP contribution >= 0.6 is 0 Å². The standard InChI is InChI=1S/C18H15NO3/c1-22-16(20)12-15-17(13-8-4-2-5-9-13)19(18(15)21)14-10-6-3-7-11-14/h2-12,17H,1H3/b15-12+. The Morgan fingerprint density at radius 2 is 1.64 bits per heavy atom. The first kappa shape index (κ1) is 14.1. The maximum atomic E-state index is 12.4. The smallest absolute Gasteiger partial charge is 0.331 e. The molecule has 2 aromatic carbocycles. The van der Waals surface area contributed by atoms with Crippen LogP contribution in [0, 0.1) is 0 Å². The first-order chi connectivity index (χ1) is 10.7. The van der Waals surface area contributed by atoms with Gasteiger partial charge in [0.05, 0.1) is 18.7 Å². The van der Waals surface area contributed by atoms with E-state index in [1.165, 1.54) is 13.2 Å². The van der Waals surface area contributed by atoms with Gasteiger partial charge in [0.1, 0.15) is 0 Å². The highest BCUT2D eigenvalue weighted by molar-refractivity contribution is 6.17. The Hall–Kier alpha value is -2.88. The van der Waals surface area contributed by atoms with Crippen LogP contribution in [0.2, 0.25) is 0 Å². The van der Waals surface area contributed by atoms with E-state index in [1.807, 2.05) is 60.7 Å². The number of anilines is 1. The van der Waals surface area contributed by atoms with E-state index in [0.717, 1.165) is 11.3 Å². The van der Waals surface area contributed by atoms with Gasteiger partial charge in [0, 0.05) is 11.8 Å². The average Bonchev–Trinajstić information content (AvgIpc) is 2.58. The lowest BCUT2D eigenvalue weighted by Crippen LogP contribution is -2.49. The molecule has 0 spiro atoms. The second kappa shape index (κ2) is 5.85. The van der Waals surface area contributed by atoms with Gasteiger partial charge < -0.3 is 4.74 Å². The third kappa shape index (κ3) is 2.39. The van der Waals surface area contributed by atoms with Crippen LogP contribution in [-0.2, 0) is 14.3 Å². The monoisotopic (exact) mass is 293 g/mol. The van der Waals surface area contributed by atoms with Crippen molar-refractivity contribution in [3.63, 3.8) is 0 Å². The maximum Gasteiger partial charge on any atom is 0.331 e. The van der Waals surface area contributed by atoms with Crippen LogP contribution in [0.5, 0.6) is 0 Å². The number of rotatable bonds is 3. The summed E-state index contributed by atoms with van der Waals surface area (Å²) in [4.78, 5) is 25.6. The molecule has 0 radical (unpaired) electrons. The van der Waals surface area contributed by atoms with Crippen molar-refractivity contribution in [1.29, 1.82) is 0 Å². The molecule has 0 saturated carbocycles. The molecule has 0 aromatic heterocycles. The number of carbonyl (C=O) groups excluding carboxylic acids is 2. The van der Waals surface area contributed by atoms with Gasteiger partial charge in [0.15, 0.2) is 0 Å². The van der Waals surface area contributed by atoms with Gasteiger partial charge in [0.25, 0.3) is 5.91 Å². The van der Waals surface area contributed by atoms with E-state index in [9.17, 15) is 9.59 Å². The van der Waals surface area contributed by atoms with E-state index in [2.05, 4.69) is 4.74 Å². The molecule has 1 aliphatic heterocycles. The minimum Gasteiger partial charge on any atom is -0.466 e. The Bertz CT molecular complexity index is 723. The van der Waals surface area contributed by atoms with Crippen LogP contribution in [0.15, 0.2) is 72.3 Å². The van der Waals surface area contributed by atoms with Crippen molar-refractivity contribution in [1.82, 2.24) is 0 Å². The highest BCUT2D eigenvalue weighted by Crippen LogP contribution is 2.42. The molecule has 1 saturated heterocycles. The molecule has 0 N–H and O–H groups in total. The summed E-state index contributed by atoms with van der Waals surface area (Å²) in [7, 11) is 1.30. The van der Waals surface area contributed by atoms with Crippen LogP contribution in [0.4, 0.5) is 5.69 Å². The van der Waals surface area contributed by atoms with Crippen molar-refractivity contribution in [3.05, 3.63) is 77.9 Å². The summed E-state index contributed by atoms with van der Waals surface area (Å²) >= 11 is 0. The third-order valence-electron chi connectivity index (χ3n) is 3.64. The Labute approximate surface area is 128 Å². The number of hydrogen-bond acceptors (Lipinski definition) is 3. The van der Waals surface area contributed by atoms with Gasteiger partial charge in [-0.2, -0.15) is 0 Å². The molecule has 0 aliphatic carbocycles. The van der Waals surface area contributed by atoms with Crippen molar-refractivity contribution in [2.24, 2.45) is 0 Å². The summed E-state index contributed by atoms with van der Waals surface area (Å²) in [6, 6.07) is 18.8. The zero-order chi connectivity index (χ0) is 15.5. The van der Waals surface area contributed by atoms with Crippen LogP contribution in [0.3, 0.4) is 0 Å². The molecule has 110 valence electrons. The number of β-lactam (4-membered cyclic amide) rings is 1. The molecular weight excluding hydrogens is 278 g/mol. The van der Waals surface area contributed by atoms with E-state index in [0.29, 0.717) is 5.57 Å². The number of hydrogen-bond donors (Lipinski definition) is 0. The lowest BCUT2D eigenvalue weighted by Gasteiger charge is -2.42. The number of carbonyl (C=O) groups is 2. The van der Waals surface area contributed by atoms with Gasteiger partial charge in [-0.1, -0.05) is 48.5 Å². The Morgan fingerprint density at radius 3 is 2.23 bits per heavy atom. The number of benzene rings is 2. The van der Waals surface area contributed by atoms with E-state index < -0.39 is 5.97 Å². The van der Waals surface area contributed by atoms with E-state index >= 15 is 0 Å². The van der Waals surface area contributed by atoms with Gasteiger partial charge in [-0.3, -0.25) is 9.69 Å². The first-order valence-electron chi connectivity index (χ1n) is 6.95. The molecule has 1 atom stereocenters. The molecule has 4 nitrogen and oxygen atoms in total. The number of ether oxygens (including phenoxy) is 1. The summed E-state index contributed by atoms with van der Waals surface area (Å²) < 4.78 is 4.64. The van der Waals surface area contributed by atoms with Gasteiger partial charge in [-0.05, 0) is 17.7 Å². The number of nitrogens with zero attached hydrogens (tertiary/aromatic N) is 1. The van der Waals surface area contributed by atoms with Crippen molar-refractivity contribution >= 4 is 17.6 Å². The van der Waals surface area contributed by atoms with E-state index in [1.54, 1.807) is 4.90 Å².